The molecule has 0 aliphatic carbocycles. The zero-order valence-corrected chi connectivity index (χ0v) is 11.7. The average molecular weight is 309 g/mol. The number of benzene rings is 2. The molecule has 0 heterocycles. The van der Waals surface area contributed by atoms with Crippen molar-refractivity contribution in [1.82, 2.24) is 0 Å². The Balaban J connectivity index is 2.16. The van der Waals surface area contributed by atoms with Crippen molar-refractivity contribution in [2.45, 2.75) is 11.2 Å². The fourth-order valence-corrected chi connectivity index (χ4v) is 2.47. The van der Waals surface area contributed by atoms with E-state index in [1.165, 1.54) is 18.7 Å². The van der Waals surface area contributed by atoms with Gasteiger partial charge in [-0.1, -0.05) is 52.3 Å². The molecule has 18 heavy (non-hydrogen) atoms. The number of halogens is 2. The van der Waals surface area contributed by atoms with E-state index < -0.39 is 0 Å². The van der Waals surface area contributed by atoms with Gasteiger partial charge >= 0.3 is 0 Å². The van der Waals surface area contributed by atoms with Crippen LogP contribution < -0.4 is 4.74 Å². The molecule has 0 aromatic heterocycles. The topological polar surface area (TPSA) is 9.23 Å². The minimum atomic E-state index is -0.333. The van der Waals surface area contributed by atoms with Crippen LogP contribution in [-0.2, 0) is 6.42 Å². The molecule has 0 saturated heterocycles. The number of rotatable bonds is 4. The van der Waals surface area contributed by atoms with E-state index in [2.05, 4.69) is 28.1 Å². The second kappa shape index (κ2) is 6.01. The van der Waals surface area contributed by atoms with E-state index in [1.807, 2.05) is 18.2 Å². The number of hydrogen-bond acceptors (Lipinski definition) is 1. The van der Waals surface area contributed by atoms with Gasteiger partial charge in [0.25, 0.3) is 0 Å². The Bertz CT molecular complexity index is 513. The first kappa shape index (κ1) is 13.1. The van der Waals surface area contributed by atoms with Gasteiger partial charge in [-0.05, 0) is 29.7 Å². The van der Waals surface area contributed by atoms with E-state index in [0.29, 0.717) is 0 Å². The van der Waals surface area contributed by atoms with Gasteiger partial charge in [-0.3, -0.25) is 0 Å². The van der Waals surface area contributed by atoms with Crippen LogP contribution in [0.5, 0.6) is 5.75 Å². The van der Waals surface area contributed by atoms with Crippen molar-refractivity contribution < 1.29 is 9.13 Å². The van der Waals surface area contributed by atoms with Gasteiger partial charge in [0.15, 0.2) is 11.6 Å². The fourth-order valence-electron chi connectivity index (χ4n) is 1.81. The smallest absolute Gasteiger partial charge is 0.165 e. The van der Waals surface area contributed by atoms with Gasteiger partial charge in [0.2, 0.25) is 0 Å². The van der Waals surface area contributed by atoms with E-state index in [-0.39, 0.29) is 16.4 Å². The van der Waals surface area contributed by atoms with Crippen molar-refractivity contribution in [3.8, 4) is 5.75 Å². The Hall–Kier alpha value is -1.35. The molecule has 0 saturated carbocycles. The highest BCUT2D eigenvalue weighted by molar-refractivity contribution is 9.09. The minimum Gasteiger partial charge on any atom is -0.494 e. The molecule has 1 nitrogen and oxygen atoms in total. The van der Waals surface area contributed by atoms with Crippen LogP contribution in [0.2, 0.25) is 0 Å². The van der Waals surface area contributed by atoms with Gasteiger partial charge < -0.3 is 4.74 Å². The van der Waals surface area contributed by atoms with E-state index >= 15 is 0 Å². The molecular formula is C15H14BrFO. The van der Waals surface area contributed by atoms with Crippen molar-refractivity contribution in [2.75, 3.05) is 7.11 Å². The number of methoxy groups -OCH3 is 1. The molecule has 0 radical (unpaired) electrons. The monoisotopic (exact) mass is 308 g/mol. The standard InChI is InChI=1S/C15H14BrFO/c1-18-15-10-12(7-8-14(15)17)13(16)9-11-5-3-2-4-6-11/h2-8,10,13H,9H2,1H3. The molecule has 94 valence electrons. The molecular weight excluding hydrogens is 295 g/mol. The highest BCUT2D eigenvalue weighted by atomic mass is 79.9. The van der Waals surface area contributed by atoms with Crippen LogP contribution in [0.1, 0.15) is 16.0 Å². The first-order valence-electron chi connectivity index (χ1n) is 5.72. The third kappa shape index (κ3) is 3.10. The predicted molar refractivity (Wildman–Crippen MR) is 74.8 cm³/mol. The maximum absolute atomic E-state index is 13.3. The van der Waals surface area contributed by atoms with Crippen molar-refractivity contribution in [3.63, 3.8) is 0 Å². The summed E-state index contributed by atoms with van der Waals surface area (Å²) in [7, 11) is 1.47. The lowest BCUT2D eigenvalue weighted by atomic mass is 10.0. The predicted octanol–water partition coefficient (Wildman–Crippen LogP) is 4.51. The number of ether oxygens (including phenoxy) is 1. The van der Waals surface area contributed by atoms with Crippen LogP contribution in [0.4, 0.5) is 4.39 Å². The van der Waals surface area contributed by atoms with E-state index in [0.717, 1.165) is 12.0 Å². The highest BCUT2D eigenvalue weighted by Gasteiger charge is 2.11. The Kier molecular flexibility index (Phi) is 4.37. The van der Waals surface area contributed by atoms with Crippen molar-refractivity contribution in [1.29, 1.82) is 0 Å². The van der Waals surface area contributed by atoms with E-state index in [1.54, 1.807) is 12.1 Å². The summed E-state index contributed by atoms with van der Waals surface area (Å²) >= 11 is 3.63. The van der Waals surface area contributed by atoms with E-state index in [4.69, 9.17) is 4.74 Å². The summed E-state index contributed by atoms with van der Waals surface area (Å²) in [5.74, 6) is -0.0503. The molecule has 0 aliphatic heterocycles. The molecule has 1 atom stereocenters. The summed E-state index contributed by atoms with van der Waals surface area (Å²) < 4.78 is 18.3. The summed E-state index contributed by atoms with van der Waals surface area (Å²) in [6.07, 6.45) is 0.857. The van der Waals surface area contributed by atoms with Crippen LogP contribution in [0.25, 0.3) is 0 Å². The zero-order chi connectivity index (χ0) is 13.0. The molecule has 3 heteroatoms. The Labute approximate surface area is 115 Å². The third-order valence-corrected chi connectivity index (χ3v) is 3.65. The summed E-state index contributed by atoms with van der Waals surface area (Å²) in [4.78, 5) is 0.148. The lowest BCUT2D eigenvalue weighted by Gasteiger charge is -2.12. The first-order valence-corrected chi connectivity index (χ1v) is 6.63. The van der Waals surface area contributed by atoms with Gasteiger partial charge in [-0.15, -0.1) is 0 Å². The van der Waals surface area contributed by atoms with Gasteiger partial charge in [0, 0.05) is 4.83 Å². The molecule has 0 aliphatic rings. The lowest BCUT2D eigenvalue weighted by molar-refractivity contribution is 0.386. The van der Waals surface area contributed by atoms with Crippen LogP contribution in [-0.4, -0.2) is 7.11 Å². The molecule has 2 aromatic carbocycles. The normalized spacial score (nSPS) is 12.2. The number of hydrogen-bond donors (Lipinski definition) is 0. The molecule has 0 spiro atoms. The third-order valence-electron chi connectivity index (χ3n) is 2.79. The maximum Gasteiger partial charge on any atom is 0.165 e. The van der Waals surface area contributed by atoms with Gasteiger partial charge in [0.1, 0.15) is 0 Å². The van der Waals surface area contributed by atoms with Crippen LogP contribution >= 0.6 is 15.9 Å². The van der Waals surface area contributed by atoms with E-state index in [9.17, 15) is 4.39 Å². The average Bonchev–Trinajstić information content (AvgIpc) is 2.40. The van der Waals surface area contributed by atoms with Crippen molar-refractivity contribution in [2.24, 2.45) is 0 Å². The van der Waals surface area contributed by atoms with Crippen molar-refractivity contribution >= 4 is 15.9 Å². The second-order valence-corrected chi connectivity index (χ2v) is 5.16. The summed E-state index contributed by atoms with van der Waals surface area (Å²) in [6, 6.07) is 15.1. The van der Waals surface area contributed by atoms with Crippen LogP contribution in [0.15, 0.2) is 48.5 Å². The molecule has 0 N–H and O–H groups in total. The van der Waals surface area contributed by atoms with Gasteiger partial charge in [0.05, 0.1) is 7.11 Å². The highest BCUT2D eigenvalue weighted by Crippen LogP contribution is 2.30. The van der Waals surface area contributed by atoms with Gasteiger partial charge in [-0.25, -0.2) is 4.39 Å². The molecule has 0 fully saturated rings. The molecule has 2 aromatic rings. The molecule has 0 amide bonds. The Morgan fingerprint density at radius 1 is 1.17 bits per heavy atom. The van der Waals surface area contributed by atoms with Crippen molar-refractivity contribution in [3.05, 3.63) is 65.5 Å². The van der Waals surface area contributed by atoms with Crippen LogP contribution in [0.3, 0.4) is 0 Å². The van der Waals surface area contributed by atoms with Gasteiger partial charge in [-0.2, -0.15) is 0 Å². The number of alkyl halides is 1. The molecule has 0 bridgehead atoms. The molecule has 1 unspecified atom stereocenters. The summed E-state index contributed by atoms with van der Waals surface area (Å²) in [5.41, 5.74) is 2.25. The Morgan fingerprint density at radius 3 is 2.56 bits per heavy atom. The maximum atomic E-state index is 13.3. The quantitative estimate of drug-likeness (QED) is 0.755. The largest absolute Gasteiger partial charge is 0.494 e. The SMILES string of the molecule is COc1cc(C(Br)Cc2ccccc2)ccc1F. The minimum absolute atomic E-state index is 0.148. The fraction of sp³-hybridized carbons (Fsp3) is 0.200. The Morgan fingerprint density at radius 2 is 1.89 bits per heavy atom. The first-order chi connectivity index (χ1) is 8.70. The second-order valence-electron chi connectivity index (χ2n) is 4.05. The summed E-state index contributed by atoms with van der Waals surface area (Å²) in [6.45, 7) is 0. The molecule has 2 rings (SSSR count). The summed E-state index contributed by atoms with van der Waals surface area (Å²) in [5, 5.41) is 0. The lowest BCUT2D eigenvalue weighted by Crippen LogP contribution is -1.97. The van der Waals surface area contributed by atoms with Crippen LogP contribution in [0, 0.1) is 5.82 Å². The zero-order valence-electron chi connectivity index (χ0n) is 10.1.